The smallest absolute Gasteiger partial charge is 0.0216 e. The van der Waals surface area contributed by atoms with Gasteiger partial charge in [-0.05, 0) is 6.42 Å². The minimum absolute atomic E-state index is 0. The third kappa shape index (κ3) is 7.44. The third-order valence-electron chi connectivity index (χ3n) is 1.89. The zero-order valence-electron chi connectivity index (χ0n) is 8.55. The first-order valence-corrected chi connectivity index (χ1v) is 5.40. The first-order chi connectivity index (χ1) is 6.93. The van der Waals surface area contributed by atoms with Crippen LogP contribution in [0.25, 0.3) is 0 Å². The zero-order valence-corrected chi connectivity index (χ0v) is 10.4. The van der Waals surface area contributed by atoms with Crippen LogP contribution in [0.5, 0.6) is 0 Å². The number of hydrogen-bond acceptors (Lipinski definition) is 0. The Hall–Kier alpha value is -0.491. The number of halogens is 1. The Morgan fingerprint density at radius 3 is 1.80 bits per heavy atom. The molecule has 0 radical (unpaired) electrons. The molecule has 2 aromatic rings. The summed E-state index contributed by atoms with van der Waals surface area (Å²) in [5.41, 5.74) is 1.40. The van der Waals surface area contributed by atoms with Crippen LogP contribution >= 0.6 is 11.6 Å². The molecule has 2 heteroatoms. The van der Waals surface area contributed by atoms with Crippen molar-refractivity contribution in [3.05, 3.63) is 60.2 Å². The van der Waals surface area contributed by atoms with Crippen molar-refractivity contribution in [2.75, 3.05) is 5.88 Å². The van der Waals surface area contributed by atoms with E-state index in [1.54, 1.807) is 0 Å². The van der Waals surface area contributed by atoms with E-state index >= 15 is 0 Å². The Morgan fingerprint density at radius 2 is 1.40 bits per heavy atom. The molecule has 0 N–H and O–H groups in total. The molecule has 0 nitrogen and oxygen atoms in total. The number of alkyl halides is 1. The van der Waals surface area contributed by atoms with Crippen LogP contribution in [0.3, 0.4) is 0 Å². The van der Waals surface area contributed by atoms with Crippen LogP contribution in [-0.4, -0.2) is 5.88 Å². The molecule has 0 aliphatic rings. The fraction of sp³-hybridized carbons (Fsp3) is 0.231. The van der Waals surface area contributed by atoms with Gasteiger partial charge in [0, 0.05) is 22.9 Å². The summed E-state index contributed by atoms with van der Waals surface area (Å²) >= 11 is 5.52. The monoisotopic (exact) mass is 262 g/mol. The fourth-order valence-corrected chi connectivity index (χ4v) is 1.31. The minimum Gasteiger partial charge on any atom is -0.748 e. The van der Waals surface area contributed by atoms with E-state index in [-0.39, 0.29) is 17.1 Å². The van der Waals surface area contributed by atoms with Crippen molar-refractivity contribution in [2.45, 2.75) is 12.8 Å². The van der Waals surface area contributed by atoms with Gasteiger partial charge < -0.3 is 30.3 Å². The van der Waals surface area contributed by atoms with E-state index < -0.39 is 0 Å². The Labute approximate surface area is 107 Å². The van der Waals surface area contributed by atoms with Crippen LogP contribution in [0.15, 0.2) is 54.6 Å². The van der Waals surface area contributed by atoms with Crippen molar-refractivity contribution < 1.29 is 17.1 Å². The summed E-state index contributed by atoms with van der Waals surface area (Å²) in [6, 6.07) is 18.4. The van der Waals surface area contributed by atoms with Gasteiger partial charge in [0.15, 0.2) is 0 Å². The molecule has 0 aromatic heterocycles. The summed E-state index contributed by atoms with van der Waals surface area (Å²) in [6.07, 6.45) is 2.21. The Balaban J connectivity index is 0.000000280. The van der Waals surface area contributed by atoms with Gasteiger partial charge in [-0.3, -0.25) is 0 Å². The van der Waals surface area contributed by atoms with E-state index in [0.29, 0.717) is 0 Å². The van der Waals surface area contributed by atoms with Crippen LogP contribution in [0.1, 0.15) is 12.0 Å². The summed E-state index contributed by atoms with van der Waals surface area (Å²) < 4.78 is 0. The second-order valence-electron chi connectivity index (χ2n) is 3.05. The molecule has 0 aliphatic carbocycles. The van der Waals surface area contributed by atoms with Gasteiger partial charge in [0.1, 0.15) is 0 Å². The maximum absolute atomic E-state index is 5.52. The predicted octanol–water partition coefficient (Wildman–Crippen LogP) is 3.98. The van der Waals surface area contributed by atoms with Crippen molar-refractivity contribution in [3.8, 4) is 0 Å². The quantitative estimate of drug-likeness (QED) is 0.446. The van der Waals surface area contributed by atoms with Crippen molar-refractivity contribution in [2.24, 2.45) is 0 Å². The largest absolute Gasteiger partial charge is 0.748 e. The molecule has 0 heterocycles. The fourth-order valence-electron chi connectivity index (χ4n) is 1.17. The number of rotatable bonds is 3. The number of hydrogen-bond donors (Lipinski definition) is 0. The van der Waals surface area contributed by atoms with Crippen LogP contribution in [0.2, 0.25) is 0 Å². The van der Waals surface area contributed by atoms with Gasteiger partial charge >= 0.3 is 0 Å². The van der Waals surface area contributed by atoms with E-state index in [4.69, 9.17) is 11.6 Å². The molecule has 0 aliphatic heterocycles. The second kappa shape index (κ2) is 10.0. The number of aryl methyl sites for hydroxylation is 1. The maximum Gasteiger partial charge on any atom is 0.0216 e. The summed E-state index contributed by atoms with van der Waals surface area (Å²) in [4.78, 5) is 0. The van der Waals surface area contributed by atoms with Gasteiger partial charge in [-0.2, -0.15) is 17.7 Å². The van der Waals surface area contributed by atoms with Gasteiger partial charge in [-0.25, -0.2) is 12.1 Å². The van der Waals surface area contributed by atoms with Crippen molar-refractivity contribution in [3.63, 3.8) is 0 Å². The molecule has 88 valence electrons. The summed E-state index contributed by atoms with van der Waals surface area (Å²) in [5, 5.41) is 0. The van der Waals surface area contributed by atoms with Gasteiger partial charge in [0.25, 0.3) is 0 Å². The minimum atomic E-state index is 0. The SMILES string of the molecule is ClCCC[c-]1cccc1.[Fe].[cH-]1[cH-][cH-][cH-][cH-]1. The average Bonchev–Trinajstić information content (AvgIpc) is 2.90. The molecule has 0 spiro atoms. The van der Waals surface area contributed by atoms with Crippen molar-refractivity contribution in [1.29, 1.82) is 0 Å². The molecule has 0 unspecified atom stereocenters. The topological polar surface area (TPSA) is 0 Å². The molecule has 2 aromatic carbocycles. The van der Waals surface area contributed by atoms with Crippen molar-refractivity contribution >= 4 is 11.6 Å². The molecule has 15 heavy (non-hydrogen) atoms. The maximum atomic E-state index is 5.52. The van der Waals surface area contributed by atoms with E-state index in [9.17, 15) is 0 Å². The molecule has 2 rings (SSSR count). The normalized spacial score (nSPS) is 8.60. The molecule has 0 saturated carbocycles. The Kier molecular flexibility index (Phi) is 9.71. The first-order valence-electron chi connectivity index (χ1n) is 4.86. The van der Waals surface area contributed by atoms with Crippen LogP contribution in [0.4, 0.5) is 0 Å². The standard InChI is InChI=1S/C8H10Cl.C5H5.Fe/c9-7-3-6-8-4-1-2-5-8;1-2-4-5-3-1;/h1-2,4-5H,3,6-7H2;1-5H;/q-1;-5;. The van der Waals surface area contributed by atoms with E-state index in [1.807, 2.05) is 30.3 Å². The molecule has 0 bridgehead atoms. The summed E-state index contributed by atoms with van der Waals surface area (Å²) in [5.74, 6) is 0.769. The third-order valence-corrected chi connectivity index (χ3v) is 2.15. The van der Waals surface area contributed by atoms with E-state index in [0.717, 1.165) is 18.7 Å². The summed E-state index contributed by atoms with van der Waals surface area (Å²) in [6.45, 7) is 0. The average molecular weight is 263 g/mol. The Bertz CT molecular complexity index is 267. The van der Waals surface area contributed by atoms with Gasteiger partial charge in [0.2, 0.25) is 0 Å². The summed E-state index contributed by atoms with van der Waals surface area (Å²) in [7, 11) is 0. The van der Waals surface area contributed by atoms with E-state index in [1.165, 1.54) is 5.56 Å². The molecule has 0 saturated heterocycles. The van der Waals surface area contributed by atoms with Crippen LogP contribution in [-0.2, 0) is 23.5 Å². The van der Waals surface area contributed by atoms with Crippen LogP contribution < -0.4 is 0 Å². The van der Waals surface area contributed by atoms with Crippen LogP contribution in [0, 0.1) is 0 Å². The zero-order chi connectivity index (χ0) is 10.1. The predicted molar refractivity (Wildman–Crippen MR) is 63.1 cm³/mol. The van der Waals surface area contributed by atoms with Gasteiger partial charge in [-0.15, -0.1) is 11.6 Å². The molecule has 0 atom stereocenters. The van der Waals surface area contributed by atoms with Gasteiger partial charge in [-0.1, -0.05) is 6.42 Å². The molecule has 0 amide bonds. The van der Waals surface area contributed by atoms with Gasteiger partial charge in [0.05, 0.1) is 0 Å². The molecular formula is C13H15ClFe-6. The van der Waals surface area contributed by atoms with Crippen molar-refractivity contribution in [1.82, 2.24) is 0 Å². The molecule has 0 fully saturated rings. The second-order valence-corrected chi connectivity index (χ2v) is 3.43. The first kappa shape index (κ1) is 14.5. The van der Waals surface area contributed by atoms with E-state index in [2.05, 4.69) is 24.3 Å². The molecular weight excluding hydrogens is 247 g/mol. The Morgan fingerprint density at radius 1 is 0.933 bits per heavy atom.